The van der Waals surface area contributed by atoms with Crippen molar-refractivity contribution in [1.82, 2.24) is 9.03 Å². The molecule has 6 heteroatoms. The summed E-state index contributed by atoms with van der Waals surface area (Å²) in [6.07, 6.45) is 7.00. The SMILES string of the molecule is CC1CCN(S(=O)(=O)NC2CCCCCC2Cl)CC1. The number of piperidine rings is 1. The van der Waals surface area contributed by atoms with Crippen LogP contribution >= 0.6 is 11.6 Å². The van der Waals surface area contributed by atoms with E-state index in [0.717, 1.165) is 44.9 Å². The Bertz CT molecular complexity index is 380. The monoisotopic (exact) mass is 308 g/mol. The van der Waals surface area contributed by atoms with Crippen molar-refractivity contribution in [3.8, 4) is 0 Å². The van der Waals surface area contributed by atoms with Gasteiger partial charge in [-0.25, -0.2) is 0 Å². The summed E-state index contributed by atoms with van der Waals surface area (Å²) < 4.78 is 29.2. The fraction of sp³-hybridized carbons (Fsp3) is 1.00. The molecule has 1 aliphatic heterocycles. The van der Waals surface area contributed by atoms with Gasteiger partial charge in [-0.1, -0.05) is 26.2 Å². The number of halogens is 1. The number of alkyl halides is 1. The Balaban J connectivity index is 1.95. The van der Waals surface area contributed by atoms with Gasteiger partial charge in [0.15, 0.2) is 0 Å². The van der Waals surface area contributed by atoms with Crippen molar-refractivity contribution >= 4 is 21.8 Å². The molecule has 0 aromatic carbocycles. The Labute approximate surface area is 122 Å². The van der Waals surface area contributed by atoms with Crippen molar-refractivity contribution in [2.45, 2.75) is 63.3 Å². The van der Waals surface area contributed by atoms with Gasteiger partial charge < -0.3 is 0 Å². The molecule has 1 aliphatic carbocycles. The maximum Gasteiger partial charge on any atom is 0.279 e. The van der Waals surface area contributed by atoms with Gasteiger partial charge in [-0.2, -0.15) is 17.4 Å². The zero-order valence-corrected chi connectivity index (χ0v) is 13.2. The van der Waals surface area contributed by atoms with Crippen LogP contribution in [-0.2, 0) is 10.2 Å². The van der Waals surface area contributed by atoms with Crippen LogP contribution in [-0.4, -0.2) is 37.2 Å². The minimum Gasteiger partial charge on any atom is -0.198 e. The maximum atomic E-state index is 12.4. The number of nitrogens with zero attached hydrogens (tertiary/aromatic N) is 1. The molecule has 0 radical (unpaired) electrons. The molecule has 1 N–H and O–H groups in total. The van der Waals surface area contributed by atoms with Crippen LogP contribution in [0.5, 0.6) is 0 Å². The second-order valence-electron chi connectivity index (χ2n) is 5.96. The van der Waals surface area contributed by atoms with E-state index in [2.05, 4.69) is 11.6 Å². The molecular weight excluding hydrogens is 284 g/mol. The zero-order chi connectivity index (χ0) is 13.9. The molecule has 0 amide bonds. The molecule has 19 heavy (non-hydrogen) atoms. The molecule has 2 aliphatic rings. The van der Waals surface area contributed by atoms with Crippen molar-refractivity contribution in [3.05, 3.63) is 0 Å². The Kier molecular flexibility index (Phi) is 5.52. The van der Waals surface area contributed by atoms with Gasteiger partial charge >= 0.3 is 0 Å². The average molecular weight is 309 g/mol. The molecule has 0 aromatic rings. The summed E-state index contributed by atoms with van der Waals surface area (Å²) in [5.74, 6) is 0.630. The maximum absolute atomic E-state index is 12.4. The van der Waals surface area contributed by atoms with Crippen molar-refractivity contribution < 1.29 is 8.42 Å². The van der Waals surface area contributed by atoms with Gasteiger partial charge in [-0.3, -0.25) is 0 Å². The first-order chi connectivity index (χ1) is 8.99. The van der Waals surface area contributed by atoms with E-state index in [0.29, 0.717) is 19.0 Å². The highest BCUT2D eigenvalue weighted by atomic mass is 35.5. The molecule has 2 fully saturated rings. The van der Waals surface area contributed by atoms with Gasteiger partial charge in [-0.15, -0.1) is 11.6 Å². The van der Waals surface area contributed by atoms with Crippen molar-refractivity contribution in [2.75, 3.05) is 13.1 Å². The lowest BCUT2D eigenvalue weighted by atomic mass is 10.0. The molecule has 0 aromatic heterocycles. The topological polar surface area (TPSA) is 49.4 Å². The number of nitrogens with one attached hydrogen (secondary N) is 1. The number of rotatable bonds is 3. The lowest BCUT2D eigenvalue weighted by molar-refractivity contribution is 0.282. The van der Waals surface area contributed by atoms with E-state index in [4.69, 9.17) is 11.6 Å². The predicted molar refractivity (Wildman–Crippen MR) is 78.5 cm³/mol. The molecule has 2 unspecified atom stereocenters. The second-order valence-corrected chi connectivity index (χ2v) is 8.23. The quantitative estimate of drug-likeness (QED) is 0.643. The Morgan fingerprint density at radius 1 is 1.05 bits per heavy atom. The van der Waals surface area contributed by atoms with E-state index in [1.165, 1.54) is 0 Å². The third-order valence-corrected chi connectivity index (χ3v) is 6.48. The first-order valence-electron chi connectivity index (χ1n) is 7.40. The van der Waals surface area contributed by atoms with Crippen LogP contribution in [0.2, 0.25) is 0 Å². The highest BCUT2D eigenvalue weighted by Gasteiger charge is 2.31. The Morgan fingerprint density at radius 3 is 2.37 bits per heavy atom. The van der Waals surface area contributed by atoms with Crippen molar-refractivity contribution in [2.24, 2.45) is 5.92 Å². The smallest absolute Gasteiger partial charge is 0.198 e. The molecule has 2 rings (SSSR count). The first-order valence-corrected chi connectivity index (χ1v) is 9.28. The second kappa shape index (κ2) is 6.74. The summed E-state index contributed by atoms with van der Waals surface area (Å²) >= 11 is 6.31. The van der Waals surface area contributed by atoms with E-state index in [-0.39, 0.29) is 11.4 Å². The number of hydrogen-bond donors (Lipinski definition) is 1. The molecule has 0 spiro atoms. The van der Waals surface area contributed by atoms with Gasteiger partial charge in [0.25, 0.3) is 10.2 Å². The summed E-state index contributed by atoms with van der Waals surface area (Å²) in [5, 5.41) is -0.0685. The molecular formula is C13H25ClN2O2S. The minimum atomic E-state index is -3.36. The van der Waals surface area contributed by atoms with Crippen LogP contribution in [0.25, 0.3) is 0 Å². The Hall–Kier alpha value is 0.160. The summed E-state index contributed by atoms with van der Waals surface area (Å²) in [6.45, 7) is 3.45. The largest absolute Gasteiger partial charge is 0.279 e. The van der Waals surface area contributed by atoms with E-state index in [9.17, 15) is 8.42 Å². The van der Waals surface area contributed by atoms with Crippen molar-refractivity contribution in [3.63, 3.8) is 0 Å². The molecule has 1 heterocycles. The summed E-state index contributed by atoms with van der Waals surface area (Å²) in [4.78, 5) is 0. The van der Waals surface area contributed by atoms with Crippen LogP contribution in [0, 0.1) is 5.92 Å². The lowest BCUT2D eigenvalue weighted by Gasteiger charge is -2.31. The van der Waals surface area contributed by atoms with Crippen LogP contribution in [0.4, 0.5) is 0 Å². The average Bonchev–Trinajstić information content (AvgIpc) is 2.55. The molecule has 0 bridgehead atoms. The summed E-state index contributed by atoms with van der Waals surface area (Å²) in [6, 6.07) is -0.103. The molecule has 1 saturated heterocycles. The molecule has 112 valence electrons. The molecule has 2 atom stereocenters. The normalized spacial score (nSPS) is 32.1. The van der Waals surface area contributed by atoms with E-state index < -0.39 is 10.2 Å². The Morgan fingerprint density at radius 2 is 1.68 bits per heavy atom. The van der Waals surface area contributed by atoms with E-state index in [1.54, 1.807) is 4.31 Å². The third kappa shape index (κ3) is 4.31. The summed E-state index contributed by atoms with van der Waals surface area (Å²) in [5.41, 5.74) is 0. The minimum absolute atomic E-state index is 0.0685. The standard InChI is InChI=1S/C13H25ClN2O2S/c1-11-7-9-16(10-8-11)19(17,18)15-13-6-4-2-3-5-12(13)14/h11-13,15H,2-10H2,1H3. The summed E-state index contributed by atoms with van der Waals surface area (Å²) in [7, 11) is -3.36. The first kappa shape index (κ1) is 15.5. The van der Waals surface area contributed by atoms with Crippen LogP contribution in [0.1, 0.15) is 51.9 Å². The van der Waals surface area contributed by atoms with Crippen molar-refractivity contribution in [1.29, 1.82) is 0 Å². The highest BCUT2D eigenvalue weighted by molar-refractivity contribution is 7.87. The van der Waals surface area contributed by atoms with Gasteiger partial charge in [0, 0.05) is 24.5 Å². The van der Waals surface area contributed by atoms with Gasteiger partial charge in [0.05, 0.1) is 0 Å². The van der Waals surface area contributed by atoms with E-state index >= 15 is 0 Å². The highest BCUT2D eigenvalue weighted by Crippen LogP contribution is 2.24. The molecule has 4 nitrogen and oxygen atoms in total. The fourth-order valence-electron chi connectivity index (χ4n) is 2.89. The van der Waals surface area contributed by atoms with Gasteiger partial charge in [0.1, 0.15) is 0 Å². The van der Waals surface area contributed by atoms with Gasteiger partial charge in [0.2, 0.25) is 0 Å². The van der Waals surface area contributed by atoms with Crippen LogP contribution < -0.4 is 4.72 Å². The van der Waals surface area contributed by atoms with E-state index in [1.807, 2.05) is 0 Å². The zero-order valence-electron chi connectivity index (χ0n) is 11.6. The van der Waals surface area contributed by atoms with Crippen LogP contribution in [0.3, 0.4) is 0 Å². The predicted octanol–water partition coefficient (Wildman–Crippen LogP) is 2.49. The number of hydrogen-bond acceptors (Lipinski definition) is 2. The lowest BCUT2D eigenvalue weighted by Crippen LogP contribution is -2.50. The van der Waals surface area contributed by atoms with Gasteiger partial charge in [-0.05, 0) is 31.6 Å². The van der Waals surface area contributed by atoms with Crippen LogP contribution in [0.15, 0.2) is 0 Å². The fourth-order valence-corrected chi connectivity index (χ4v) is 4.81. The third-order valence-electron chi connectivity index (χ3n) is 4.31. The molecule has 1 saturated carbocycles.